The van der Waals surface area contributed by atoms with Gasteiger partial charge in [-0.3, -0.25) is 4.79 Å². The van der Waals surface area contributed by atoms with Gasteiger partial charge in [-0.15, -0.1) is 0 Å². The molecule has 0 rings (SSSR count). The fourth-order valence-electron chi connectivity index (χ4n) is 0.507. The number of esters is 1. The van der Waals surface area contributed by atoms with Gasteiger partial charge in [0, 0.05) is 5.71 Å². The molecule has 0 fully saturated rings. The van der Waals surface area contributed by atoms with Gasteiger partial charge in [0.2, 0.25) is 0 Å². The number of rotatable bonds is 3. The Morgan fingerprint density at radius 3 is 2.38 bits per heavy atom. The second-order valence-corrected chi connectivity index (χ2v) is 2.20. The van der Waals surface area contributed by atoms with Gasteiger partial charge in [0.25, 0.3) is 0 Å². The van der Waals surface area contributed by atoms with Crippen LogP contribution in [0.3, 0.4) is 0 Å². The first-order chi connectivity index (χ1) is 6.10. The van der Waals surface area contributed by atoms with E-state index in [-0.39, 0.29) is 6.42 Å². The summed E-state index contributed by atoms with van der Waals surface area (Å²) in [5, 5.41) is 3.57. The van der Waals surface area contributed by atoms with Crippen molar-refractivity contribution >= 4 is 17.8 Å². The van der Waals surface area contributed by atoms with E-state index in [9.17, 15) is 9.59 Å². The van der Waals surface area contributed by atoms with Crippen LogP contribution in [0, 0.1) is 0 Å². The van der Waals surface area contributed by atoms with Crippen LogP contribution in [0.2, 0.25) is 0 Å². The number of carbonyl (C=O) groups excluding carboxylic acids is 2. The number of nitrogens with one attached hydrogen (secondary N) is 1. The summed E-state index contributed by atoms with van der Waals surface area (Å²) in [7, 11) is 2.50. The molecule has 0 saturated heterocycles. The van der Waals surface area contributed by atoms with Crippen LogP contribution in [0.4, 0.5) is 4.79 Å². The Morgan fingerprint density at radius 1 is 1.31 bits per heavy atom. The van der Waals surface area contributed by atoms with Crippen LogP contribution >= 0.6 is 0 Å². The number of amides is 1. The molecular weight excluding hydrogens is 176 g/mol. The van der Waals surface area contributed by atoms with Crippen LogP contribution in [0.15, 0.2) is 5.10 Å². The Morgan fingerprint density at radius 2 is 1.92 bits per heavy atom. The Balaban J connectivity index is 3.88. The molecule has 0 aliphatic heterocycles. The van der Waals surface area contributed by atoms with Gasteiger partial charge in [-0.05, 0) is 6.92 Å². The molecule has 0 aliphatic rings. The van der Waals surface area contributed by atoms with Crippen molar-refractivity contribution in [2.75, 3.05) is 14.2 Å². The van der Waals surface area contributed by atoms with E-state index in [0.717, 1.165) is 0 Å². The molecule has 6 nitrogen and oxygen atoms in total. The van der Waals surface area contributed by atoms with Gasteiger partial charge in [0.15, 0.2) is 0 Å². The summed E-state index contributed by atoms with van der Waals surface area (Å²) in [5.74, 6) is -0.409. The van der Waals surface area contributed by atoms with Crippen molar-refractivity contribution in [1.29, 1.82) is 0 Å². The molecule has 0 aromatic carbocycles. The van der Waals surface area contributed by atoms with Gasteiger partial charge in [-0.2, -0.15) is 5.10 Å². The minimum atomic E-state index is -0.677. The summed E-state index contributed by atoms with van der Waals surface area (Å²) in [6.07, 6.45) is -0.634. The molecule has 13 heavy (non-hydrogen) atoms. The second kappa shape index (κ2) is 5.99. The Hall–Kier alpha value is -1.59. The number of hydrazone groups is 1. The Labute approximate surface area is 75.9 Å². The zero-order valence-electron chi connectivity index (χ0n) is 7.79. The molecule has 6 heteroatoms. The molecule has 0 radical (unpaired) electrons. The van der Waals surface area contributed by atoms with Crippen LogP contribution in [0.5, 0.6) is 0 Å². The first-order valence-corrected chi connectivity index (χ1v) is 3.54. The van der Waals surface area contributed by atoms with Crippen LogP contribution < -0.4 is 5.43 Å². The highest BCUT2D eigenvalue weighted by Crippen LogP contribution is 1.88. The van der Waals surface area contributed by atoms with Crippen molar-refractivity contribution < 1.29 is 19.1 Å². The molecule has 0 bridgehead atoms. The monoisotopic (exact) mass is 188 g/mol. The maximum Gasteiger partial charge on any atom is 0.427 e. The van der Waals surface area contributed by atoms with Crippen molar-refractivity contribution in [3.63, 3.8) is 0 Å². The normalized spacial score (nSPS) is 10.5. The molecule has 0 aromatic rings. The van der Waals surface area contributed by atoms with Crippen LogP contribution in [-0.2, 0) is 14.3 Å². The lowest BCUT2D eigenvalue weighted by Crippen LogP contribution is -2.19. The third kappa shape index (κ3) is 5.66. The van der Waals surface area contributed by atoms with Gasteiger partial charge in [-0.1, -0.05) is 0 Å². The number of ether oxygens (including phenoxy) is 2. The predicted molar refractivity (Wildman–Crippen MR) is 45.3 cm³/mol. The lowest BCUT2D eigenvalue weighted by Gasteiger charge is -1.99. The summed E-state index contributed by atoms with van der Waals surface area (Å²) in [6.45, 7) is 1.59. The zero-order valence-corrected chi connectivity index (χ0v) is 7.79. The topological polar surface area (TPSA) is 77.0 Å². The van der Waals surface area contributed by atoms with Gasteiger partial charge < -0.3 is 9.47 Å². The average molecular weight is 188 g/mol. The first-order valence-electron chi connectivity index (χ1n) is 3.54. The lowest BCUT2D eigenvalue weighted by molar-refractivity contribution is -0.139. The quantitative estimate of drug-likeness (QED) is 0.392. The van der Waals surface area contributed by atoms with E-state index in [4.69, 9.17) is 0 Å². The molecule has 0 aromatic heterocycles. The third-order valence-corrected chi connectivity index (χ3v) is 1.15. The molecule has 0 unspecified atom stereocenters. The number of hydrogen-bond acceptors (Lipinski definition) is 5. The van der Waals surface area contributed by atoms with Crippen molar-refractivity contribution in [3.8, 4) is 0 Å². The number of hydrogen-bond donors (Lipinski definition) is 1. The first kappa shape index (κ1) is 11.4. The van der Waals surface area contributed by atoms with Crippen molar-refractivity contribution in [3.05, 3.63) is 0 Å². The zero-order chi connectivity index (χ0) is 10.3. The van der Waals surface area contributed by atoms with E-state index in [0.29, 0.717) is 5.71 Å². The Bertz CT molecular complexity index is 225. The molecule has 0 saturated carbocycles. The number of methoxy groups -OCH3 is 2. The minimum Gasteiger partial charge on any atom is -0.469 e. The molecule has 1 amide bonds. The second-order valence-electron chi connectivity index (χ2n) is 2.20. The highest BCUT2D eigenvalue weighted by molar-refractivity contribution is 5.97. The SMILES string of the molecule is COC(=O)CC(C)=NNC(=O)OC. The van der Waals surface area contributed by atoms with Crippen LogP contribution in [0.1, 0.15) is 13.3 Å². The summed E-state index contributed by atoms with van der Waals surface area (Å²) in [4.78, 5) is 21.2. The number of nitrogens with zero attached hydrogens (tertiary/aromatic N) is 1. The van der Waals surface area contributed by atoms with E-state index in [1.807, 2.05) is 0 Å². The molecule has 74 valence electrons. The van der Waals surface area contributed by atoms with E-state index in [2.05, 4.69) is 20.0 Å². The number of carbonyl (C=O) groups is 2. The molecule has 0 aliphatic carbocycles. The predicted octanol–water partition coefficient (Wildman–Crippen LogP) is 0.281. The maximum absolute atomic E-state index is 10.7. The lowest BCUT2D eigenvalue weighted by atomic mass is 10.3. The van der Waals surface area contributed by atoms with Gasteiger partial charge in [-0.25, -0.2) is 10.2 Å². The minimum absolute atomic E-state index is 0.0422. The fraction of sp³-hybridized carbons (Fsp3) is 0.571. The van der Waals surface area contributed by atoms with Crippen molar-refractivity contribution in [1.82, 2.24) is 5.43 Å². The molecule has 0 spiro atoms. The van der Waals surface area contributed by atoms with E-state index in [1.54, 1.807) is 6.92 Å². The van der Waals surface area contributed by atoms with Crippen LogP contribution in [0.25, 0.3) is 0 Å². The van der Waals surface area contributed by atoms with Gasteiger partial charge in [0.1, 0.15) is 0 Å². The van der Waals surface area contributed by atoms with Crippen molar-refractivity contribution in [2.24, 2.45) is 5.10 Å². The van der Waals surface area contributed by atoms with E-state index < -0.39 is 12.1 Å². The average Bonchev–Trinajstić information content (AvgIpc) is 2.13. The summed E-state index contributed by atoms with van der Waals surface area (Å²) in [6, 6.07) is 0. The summed E-state index contributed by atoms with van der Waals surface area (Å²) < 4.78 is 8.65. The smallest absolute Gasteiger partial charge is 0.427 e. The molecular formula is C7H12N2O4. The standard InChI is InChI=1S/C7H12N2O4/c1-5(4-6(10)12-2)8-9-7(11)13-3/h4H2,1-3H3,(H,9,11). The third-order valence-electron chi connectivity index (χ3n) is 1.15. The van der Waals surface area contributed by atoms with Gasteiger partial charge in [0.05, 0.1) is 20.6 Å². The highest BCUT2D eigenvalue weighted by Gasteiger charge is 2.03. The fourth-order valence-corrected chi connectivity index (χ4v) is 0.507. The molecule has 0 heterocycles. The summed E-state index contributed by atoms with van der Waals surface area (Å²) in [5.41, 5.74) is 2.52. The highest BCUT2D eigenvalue weighted by atomic mass is 16.5. The van der Waals surface area contributed by atoms with Crippen molar-refractivity contribution in [2.45, 2.75) is 13.3 Å². The summed E-state index contributed by atoms with van der Waals surface area (Å²) >= 11 is 0. The van der Waals surface area contributed by atoms with E-state index in [1.165, 1.54) is 14.2 Å². The maximum atomic E-state index is 10.7. The molecule has 0 atom stereocenters. The van der Waals surface area contributed by atoms with Crippen LogP contribution in [-0.4, -0.2) is 32.0 Å². The van der Waals surface area contributed by atoms with E-state index >= 15 is 0 Å². The molecule has 1 N–H and O–H groups in total. The Kier molecular flexibility index (Phi) is 5.25. The largest absolute Gasteiger partial charge is 0.469 e. The van der Waals surface area contributed by atoms with Gasteiger partial charge >= 0.3 is 12.1 Å².